The smallest absolute Gasteiger partial charge is 0.0860 e. The first kappa shape index (κ1) is 13.7. The lowest BCUT2D eigenvalue weighted by Crippen LogP contribution is -2.21. The average molecular weight is 264 g/mol. The van der Waals surface area contributed by atoms with E-state index in [9.17, 15) is 4.21 Å². The minimum absolute atomic E-state index is 0.664. The molecule has 6 heteroatoms. The van der Waals surface area contributed by atoms with E-state index in [-0.39, 0.29) is 0 Å². The summed E-state index contributed by atoms with van der Waals surface area (Å²) in [7, 11) is -0.749. The predicted molar refractivity (Wildman–Crippen MR) is 68.3 cm³/mol. The van der Waals surface area contributed by atoms with Crippen molar-refractivity contribution in [2.45, 2.75) is 26.9 Å². The molecule has 1 unspecified atom stereocenters. The third-order valence-electron chi connectivity index (χ3n) is 2.31. The highest BCUT2D eigenvalue weighted by molar-refractivity contribution is 7.84. The van der Waals surface area contributed by atoms with Gasteiger partial charge in [-0.2, -0.15) is 5.10 Å². The topological polar surface area (TPSA) is 46.9 Å². The van der Waals surface area contributed by atoms with E-state index in [1.165, 1.54) is 0 Å². The van der Waals surface area contributed by atoms with Crippen LogP contribution in [0.3, 0.4) is 0 Å². The molecule has 0 radical (unpaired) electrons. The van der Waals surface area contributed by atoms with Crippen LogP contribution in [-0.4, -0.2) is 32.5 Å². The van der Waals surface area contributed by atoms with Crippen LogP contribution in [0.25, 0.3) is 0 Å². The highest BCUT2D eigenvalue weighted by Gasteiger charge is 2.11. The molecular formula is C10H18ClN3OS. The normalized spacial score (nSPS) is 13.0. The molecule has 0 saturated heterocycles. The first-order valence-corrected chi connectivity index (χ1v) is 7.39. The van der Waals surface area contributed by atoms with Crippen LogP contribution >= 0.6 is 11.6 Å². The molecule has 0 aromatic carbocycles. The molecule has 0 aliphatic heterocycles. The Morgan fingerprint density at radius 2 is 2.25 bits per heavy atom. The van der Waals surface area contributed by atoms with Crippen LogP contribution in [0, 0.1) is 6.92 Å². The van der Waals surface area contributed by atoms with E-state index in [4.69, 9.17) is 11.6 Å². The number of rotatable bonds is 6. The van der Waals surface area contributed by atoms with Gasteiger partial charge in [-0.15, -0.1) is 0 Å². The molecular weight excluding hydrogens is 246 g/mol. The molecule has 0 spiro atoms. The van der Waals surface area contributed by atoms with Gasteiger partial charge in [0.2, 0.25) is 0 Å². The highest BCUT2D eigenvalue weighted by atomic mass is 35.5. The van der Waals surface area contributed by atoms with Crippen molar-refractivity contribution in [2.24, 2.45) is 0 Å². The first-order chi connectivity index (χ1) is 7.56. The van der Waals surface area contributed by atoms with Gasteiger partial charge in [0.1, 0.15) is 0 Å². The lowest BCUT2D eigenvalue weighted by atomic mass is 10.3. The Balaban J connectivity index is 2.55. The van der Waals surface area contributed by atoms with Crippen LogP contribution in [0.5, 0.6) is 0 Å². The van der Waals surface area contributed by atoms with Gasteiger partial charge in [0, 0.05) is 42.4 Å². The van der Waals surface area contributed by atoms with Gasteiger partial charge in [0.15, 0.2) is 0 Å². The Bertz CT molecular complexity index is 378. The van der Waals surface area contributed by atoms with Crippen LogP contribution in [0.15, 0.2) is 0 Å². The number of nitrogens with zero attached hydrogens (tertiary/aromatic N) is 2. The Labute approximate surface area is 104 Å². The van der Waals surface area contributed by atoms with E-state index in [0.717, 1.165) is 29.5 Å². The van der Waals surface area contributed by atoms with Gasteiger partial charge in [-0.3, -0.25) is 8.89 Å². The van der Waals surface area contributed by atoms with Crippen molar-refractivity contribution in [1.82, 2.24) is 15.1 Å². The molecule has 0 aliphatic rings. The van der Waals surface area contributed by atoms with Gasteiger partial charge in [-0.1, -0.05) is 11.6 Å². The van der Waals surface area contributed by atoms with Gasteiger partial charge in [0.25, 0.3) is 0 Å². The van der Waals surface area contributed by atoms with Crippen molar-refractivity contribution >= 4 is 22.4 Å². The van der Waals surface area contributed by atoms with Crippen molar-refractivity contribution in [3.8, 4) is 0 Å². The fourth-order valence-electron chi connectivity index (χ4n) is 1.46. The van der Waals surface area contributed by atoms with Gasteiger partial charge in [-0.05, 0) is 13.8 Å². The van der Waals surface area contributed by atoms with Gasteiger partial charge in [0.05, 0.1) is 16.4 Å². The maximum atomic E-state index is 10.9. The summed E-state index contributed by atoms with van der Waals surface area (Å²) in [5, 5.41) is 8.28. The summed E-state index contributed by atoms with van der Waals surface area (Å²) >= 11 is 6.15. The molecule has 1 N–H and O–H groups in total. The van der Waals surface area contributed by atoms with Crippen molar-refractivity contribution in [2.75, 3.05) is 18.6 Å². The lowest BCUT2D eigenvalue weighted by molar-refractivity contribution is 0.587. The summed E-state index contributed by atoms with van der Waals surface area (Å²) in [6.45, 7) is 6.15. The molecule has 0 aliphatic carbocycles. The van der Waals surface area contributed by atoms with Gasteiger partial charge in [-0.25, -0.2) is 0 Å². The summed E-state index contributed by atoms with van der Waals surface area (Å²) < 4.78 is 12.8. The van der Waals surface area contributed by atoms with Crippen molar-refractivity contribution < 1.29 is 4.21 Å². The molecule has 0 fully saturated rings. The minimum Gasteiger partial charge on any atom is -0.310 e. The van der Waals surface area contributed by atoms with Crippen molar-refractivity contribution in [3.63, 3.8) is 0 Å². The molecule has 1 rings (SSSR count). The number of hydrogen-bond acceptors (Lipinski definition) is 3. The highest BCUT2D eigenvalue weighted by Crippen LogP contribution is 2.19. The fourth-order valence-corrected chi connectivity index (χ4v) is 2.09. The number of aryl methyl sites for hydroxylation is 2. The van der Waals surface area contributed by atoms with Crippen LogP contribution in [0.4, 0.5) is 0 Å². The zero-order valence-electron chi connectivity index (χ0n) is 9.92. The zero-order valence-corrected chi connectivity index (χ0v) is 11.5. The van der Waals surface area contributed by atoms with E-state index < -0.39 is 10.8 Å². The standard InChI is InChI=1S/C10H18ClN3OS/c1-4-14-9(10(11)8(2)13-14)7-12-5-6-16(3)15/h12H,4-7H2,1-3H3. The van der Waals surface area contributed by atoms with E-state index in [1.807, 2.05) is 18.5 Å². The Hall–Kier alpha value is -0.390. The molecule has 16 heavy (non-hydrogen) atoms. The Morgan fingerprint density at radius 1 is 1.56 bits per heavy atom. The van der Waals surface area contributed by atoms with E-state index in [2.05, 4.69) is 10.4 Å². The minimum atomic E-state index is -0.749. The van der Waals surface area contributed by atoms with Crippen LogP contribution in [-0.2, 0) is 23.9 Å². The molecule has 1 aromatic rings. The summed E-state index contributed by atoms with van der Waals surface area (Å²) in [4.78, 5) is 0. The Kier molecular flexibility index (Phi) is 5.44. The fraction of sp³-hybridized carbons (Fsp3) is 0.700. The maximum absolute atomic E-state index is 10.9. The zero-order chi connectivity index (χ0) is 12.1. The average Bonchev–Trinajstić information content (AvgIpc) is 2.50. The van der Waals surface area contributed by atoms with Crippen LogP contribution in [0.2, 0.25) is 5.02 Å². The third-order valence-corrected chi connectivity index (χ3v) is 3.58. The van der Waals surface area contributed by atoms with Crippen LogP contribution in [0.1, 0.15) is 18.3 Å². The molecule has 1 heterocycles. The number of hydrogen-bond donors (Lipinski definition) is 1. The largest absolute Gasteiger partial charge is 0.310 e. The predicted octanol–water partition coefficient (Wildman–Crippen LogP) is 1.33. The molecule has 92 valence electrons. The molecule has 0 amide bonds. The van der Waals surface area contributed by atoms with Crippen LogP contribution < -0.4 is 5.32 Å². The molecule has 1 atom stereocenters. The van der Waals surface area contributed by atoms with Crippen molar-refractivity contribution in [3.05, 3.63) is 16.4 Å². The second kappa shape index (κ2) is 6.37. The summed E-state index contributed by atoms with van der Waals surface area (Å²) in [5.74, 6) is 0.664. The number of nitrogens with one attached hydrogen (secondary N) is 1. The quantitative estimate of drug-likeness (QED) is 0.788. The monoisotopic (exact) mass is 263 g/mol. The third kappa shape index (κ3) is 3.57. The second-order valence-electron chi connectivity index (χ2n) is 3.62. The maximum Gasteiger partial charge on any atom is 0.0860 e. The molecule has 0 bridgehead atoms. The summed E-state index contributed by atoms with van der Waals surface area (Å²) in [5.41, 5.74) is 1.86. The lowest BCUT2D eigenvalue weighted by Gasteiger charge is -2.06. The number of halogens is 1. The first-order valence-electron chi connectivity index (χ1n) is 5.28. The van der Waals surface area contributed by atoms with E-state index >= 15 is 0 Å². The van der Waals surface area contributed by atoms with Gasteiger partial charge < -0.3 is 5.32 Å². The van der Waals surface area contributed by atoms with E-state index in [0.29, 0.717) is 12.3 Å². The summed E-state index contributed by atoms with van der Waals surface area (Å²) in [6.07, 6.45) is 1.70. The SMILES string of the molecule is CCn1nc(C)c(Cl)c1CNCCS(C)=O. The molecule has 4 nitrogen and oxygen atoms in total. The van der Waals surface area contributed by atoms with Crippen molar-refractivity contribution in [1.29, 1.82) is 0 Å². The number of aromatic nitrogens is 2. The summed E-state index contributed by atoms with van der Waals surface area (Å²) in [6, 6.07) is 0. The molecule has 1 aromatic heterocycles. The second-order valence-corrected chi connectivity index (χ2v) is 5.55. The Morgan fingerprint density at radius 3 is 2.81 bits per heavy atom. The van der Waals surface area contributed by atoms with E-state index in [1.54, 1.807) is 6.26 Å². The van der Waals surface area contributed by atoms with Gasteiger partial charge >= 0.3 is 0 Å². The molecule has 0 saturated carbocycles.